The van der Waals surface area contributed by atoms with E-state index in [1.807, 2.05) is 12.1 Å². The third kappa shape index (κ3) is 3.40. The Morgan fingerprint density at radius 3 is 2.65 bits per heavy atom. The number of ether oxygens (including phenoxy) is 2. The van der Waals surface area contributed by atoms with E-state index >= 15 is 0 Å². The Morgan fingerprint density at radius 2 is 2.06 bits per heavy atom. The van der Waals surface area contributed by atoms with Crippen LogP contribution in [-0.4, -0.2) is 19.3 Å². The first kappa shape index (κ1) is 13.4. The first-order chi connectivity index (χ1) is 8.24. The van der Waals surface area contributed by atoms with Crippen molar-refractivity contribution in [3.8, 4) is 23.3 Å². The van der Waals surface area contributed by atoms with Gasteiger partial charge in [0.1, 0.15) is 0 Å². The minimum absolute atomic E-state index is 0.583. The summed E-state index contributed by atoms with van der Waals surface area (Å²) in [6.07, 6.45) is 0.670. The van der Waals surface area contributed by atoms with Crippen LogP contribution in [0.1, 0.15) is 31.4 Å². The van der Waals surface area contributed by atoms with Crippen LogP contribution in [0.4, 0.5) is 0 Å². The summed E-state index contributed by atoms with van der Waals surface area (Å²) < 4.78 is 10.5. The third-order valence-corrected chi connectivity index (χ3v) is 2.51. The molecule has 3 nitrogen and oxygen atoms in total. The van der Waals surface area contributed by atoms with Crippen molar-refractivity contribution in [2.75, 3.05) is 14.2 Å². The summed E-state index contributed by atoms with van der Waals surface area (Å²) in [4.78, 5) is 0. The van der Waals surface area contributed by atoms with Gasteiger partial charge in [-0.05, 0) is 19.4 Å². The number of para-hydroxylation sites is 1. The summed E-state index contributed by atoms with van der Waals surface area (Å²) in [5.41, 5.74) is 0.741. The van der Waals surface area contributed by atoms with Gasteiger partial charge >= 0.3 is 0 Å². The van der Waals surface area contributed by atoms with Crippen molar-refractivity contribution in [2.24, 2.45) is 0 Å². The normalized spacial score (nSPS) is 11.3. The van der Waals surface area contributed by atoms with Crippen molar-refractivity contribution in [3.05, 3.63) is 23.8 Å². The molecule has 0 radical (unpaired) electrons. The average molecular weight is 234 g/mol. The smallest absolute Gasteiger partial charge is 0.166 e. The van der Waals surface area contributed by atoms with Crippen LogP contribution < -0.4 is 9.47 Å². The van der Waals surface area contributed by atoms with Crippen LogP contribution >= 0.6 is 0 Å². The molecule has 0 spiro atoms. The summed E-state index contributed by atoms with van der Waals surface area (Å²) in [7, 11) is 3.15. The van der Waals surface area contributed by atoms with Gasteiger partial charge in [0.15, 0.2) is 11.5 Å². The molecule has 1 atom stereocenters. The first-order valence-corrected chi connectivity index (χ1v) is 5.53. The van der Waals surface area contributed by atoms with E-state index in [0.29, 0.717) is 24.3 Å². The molecular formula is C14H18O3. The zero-order valence-electron chi connectivity index (χ0n) is 10.5. The minimum atomic E-state index is -0.583. The number of methoxy groups -OCH3 is 2. The zero-order chi connectivity index (χ0) is 12.7. The predicted molar refractivity (Wildman–Crippen MR) is 67.2 cm³/mol. The zero-order valence-corrected chi connectivity index (χ0v) is 10.5. The molecule has 0 aliphatic carbocycles. The predicted octanol–water partition coefficient (Wildman–Crippen LogP) is 2.54. The summed E-state index contributed by atoms with van der Waals surface area (Å²) in [5.74, 6) is 6.96. The van der Waals surface area contributed by atoms with Gasteiger partial charge in [0.2, 0.25) is 0 Å². The molecule has 17 heavy (non-hydrogen) atoms. The van der Waals surface area contributed by atoms with Gasteiger partial charge in [-0.25, -0.2) is 0 Å². The van der Waals surface area contributed by atoms with Crippen LogP contribution in [0, 0.1) is 11.8 Å². The number of benzene rings is 1. The molecule has 92 valence electrons. The minimum Gasteiger partial charge on any atom is -0.493 e. The second-order valence-corrected chi connectivity index (χ2v) is 3.56. The largest absolute Gasteiger partial charge is 0.493 e. The quantitative estimate of drug-likeness (QED) is 0.796. The van der Waals surface area contributed by atoms with Crippen LogP contribution in [0.15, 0.2) is 18.2 Å². The Morgan fingerprint density at radius 1 is 1.29 bits per heavy atom. The number of hydrogen-bond acceptors (Lipinski definition) is 3. The van der Waals surface area contributed by atoms with Crippen molar-refractivity contribution in [2.45, 2.75) is 25.9 Å². The van der Waals surface area contributed by atoms with E-state index in [1.54, 1.807) is 27.2 Å². The average Bonchev–Trinajstić information content (AvgIpc) is 2.37. The van der Waals surface area contributed by atoms with E-state index in [-0.39, 0.29) is 0 Å². The fraction of sp³-hybridized carbons (Fsp3) is 0.429. The molecule has 3 heteroatoms. The standard InChI is InChI=1S/C14H18O3/c1-4-5-6-9-12(15)11-8-7-10-13(16-2)14(11)17-3/h7-8,10,12,15H,6,9H2,1-3H3. The highest BCUT2D eigenvalue weighted by Crippen LogP contribution is 2.35. The van der Waals surface area contributed by atoms with Crippen molar-refractivity contribution in [1.29, 1.82) is 0 Å². The molecule has 0 aromatic heterocycles. The number of aliphatic hydroxyl groups is 1. The lowest BCUT2D eigenvalue weighted by molar-refractivity contribution is 0.164. The number of hydrogen-bond donors (Lipinski definition) is 1. The molecule has 1 rings (SSSR count). The first-order valence-electron chi connectivity index (χ1n) is 5.53. The van der Waals surface area contributed by atoms with E-state index in [1.165, 1.54) is 0 Å². The van der Waals surface area contributed by atoms with Gasteiger partial charge in [-0.1, -0.05) is 12.1 Å². The molecule has 1 N–H and O–H groups in total. The Kier molecular flexibility index (Phi) is 5.38. The summed E-state index contributed by atoms with van der Waals surface area (Å²) >= 11 is 0. The maximum Gasteiger partial charge on any atom is 0.166 e. The molecule has 0 amide bonds. The van der Waals surface area contributed by atoms with Crippen molar-refractivity contribution >= 4 is 0 Å². The highest BCUT2D eigenvalue weighted by atomic mass is 16.5. The van der Waals surface area contributed by atoms with E-state index in [4.69, 9.17) is 9.47 Å². The Hall–Kier alpha value is -1.66. The summed E-state index contributed by atoms with van der Waals surface area (Å²) in [5, 5.41) is 10.1. The molecule has 1 aromatic rings. The molecule has 0 heterocycles. The topological polar surface area (TPSA) is 38.7 Å². The highest BCUT2D eigenvalue weighted by molar-refractivity contribution is 5.47. The van der Waals surface area contributed by atoms with Crippen molar-refractivity contribution in [3.63, 3.8) is 0 Å². The third-order valence-electron chi connectivity index (χ3n) is 2.51. The van der Waals surface area contributed by atoms with Gasteiger partial charge in [-0.2, -0.15) is 0 Å². The van der Waals surface area contributed by atoms with Gasteiger partial charge in [0.05, 0.1) is 20.3 Å². The molecule has 0 fully saturated rings. The maximum absolute atomic E-state index is 10.1. The monoisotopic (exact) mass is 234 g/mol. The van der Waals surface area contributed by atoms with E-state index < -0.39 is 6.10 Å². The molecule has 1 unspecified atom stereocenters. The lowest BCUT2D eigenvalue weighted by atomic mass is 10.0. The molecule has 0 bridgehead atoms. The fourth-order valence-corrected chi connectivity index (χ4v) is 1.66. The van der Waals surface area contributed by atoms with E-state index in [9.17, 15) is 5.11 Å². The molecule has 0 aliphatic heterocycles. The molecule has 1 aromatic carbocycles. The number of rotatable bonds is 5. The highest BCUT2D eigenvalue weighted by Gasteiger charge is 2.16. The van der Waals surface area contributed by atoms with Gasteiger partial charge in [-0.3, -0.25) is 0 Å². The van der Waals surface area contributed by atoms with Crippen LogP contribution in [0.3, 0.4) is 0 Å². The fourth-order valence-electron chi connectivity index (χ4n) is 1.66. The van der Waals surface area contributed by atoms with Crippen LogP contribution in [0.2, 0.25) is 0 Å². The molecular weight excluding hydrogens is 216 g/mol. The summed E-state index contributed by atoms with van der Waals surface area (Å²) in [6.45, 7) is 1.79. The Labute approximate surface area is 102 Å². The lowest BCUT2D eigenvalue weighted by Gasteiger charge is -2.16. The van der Waals surface area contributed by atoms with Gasteiger partial charge in [0, 0.05) is 12.0 Å². The number of aliphatic hydroxyl groups excluding tert-OH is 1. The van der Waals surface area contributed by atoms with Crippen molar-refractivity contribution in [1.82, 2.24) is 0 Å². The second kappa shape index (κ2) is 6.82. The van der Waals surface area contributed by atoms with Crippen molar-refractivity contribution < 1.29 is 14.6 Å². The lowest BCUT2D eigenvalue weighted by Crippen LogP contribution is -2.02. The van der Waals surface area contributed by atoms with E-state index in [2.05, 4.69) is 11.8 Å². The Balaban J connectivity index is 2.90. The van der Waals surface area contributed by atoms with Gasteiger partial charge < -0.3 is 14.6 Å². The molecule has 0 saturated carbocycles. The molecule has 0 aliphatic rings. The van der Waals surface area contributed by atoms with Gasteiger partial charge in [-0.15, -0.1) is 11.8 Å². The molecule has 0 saturated heterocycles. The maximum atomic E-state index is 10.1. The Bertz CT molecular complexity index is 415. The van der Waals surface area contributed by atoms with Gasteiger partial charge in [0.25, 0.3) is 0 Å². The summed E-state index contributed by atoms with van der Waals surface area (Å²) in [6, 6.07) is 5.48. The van der Waals surface area contributed by atoms with Crippen LogP contribution in [-0.2, 0) is 0 Å². The van der Waals surface area contributed by atoms with E-state index in [0.717, 1.165) is 5.56 Å². The van der Waals surface area contributed by atoms with Crippen LogP contribution in [0.5, 0.6) is 11.5 Å². The second-order valence-electron chi connectivity index (χ2n) is 3.56. The SMILES string of the molecule is CC#CCCC(O)c1cccc(OC)c1OC. The van der Waals surface area contributed by atoms with Crippen LogP contribution in [0.25, 0.3) is 0 Å².